The largest absolute Gasteiger partial charge is 0.394 e. The first-order valence-corrected chi connectivity index (χ1v) is 31.9. The average molecular weight is 1290 g/mol. The summed E-state index contributed by atoms with van der Waals surface area (Å²) in [5, 5.41) is 196. The molecule has 0 spiro atoms. The molecule has 3 saturated carbocycles. The van der Waals surface area contributed by atoms with Gasteiger partial charge >= 0.3 is 0 Å². The van der Waals surface area contributed by atoms with E-state index in [-0.39, 0.29) is 40.9 Å². The van der Waals surface area contributed by atoms with Crippen molar-refractivity contribution in [2.24, 2.45) is 51.2 Å². The van der Waals surface area contributed by atoms with Crippen LogP contribution in [0.5, 0.6) is 0 Å². The van der Waals surface area contributed by atoms with E-state index in [0.717, 1.165) is 18.4 Å². The number of aliphatic hydroxyl groups is 18. The van der Waals surface area contributed by atoms with Crippen molar-refractivity contribution in [1.82, 2.24) is 0 Å². The zero-order valence-corrected chi connectivity index (χ0v) is 52.4. The van der Waals surface area contributed by atoms with Crippen LogP contribution in [0.15, 0.2) is 11.6 Å². The normalized spacial score (nSPS) is 51.8. The lowest BCUT2D eigenvalue weighted by atomic mass is 9.38. The van der Waals surface area contributed by atoms with Gasteiger partial charge in [-0.25, -0.2) is 0 Å². The lowest BCUT2D eigenvalue weighted by Gasteiger charge is -2.67. The van der Waals surface area contributed by atoms with E-state index in [0.29, 0.717) is 32.1 Å². The molecule has 28 heteroatoms. The Morgan fingerprint density at radius 1 is 0.539 bits per heavy atom. The molecule has 5 aliphatic heterocycles. The van der Waals surface area contributed by atoms with Gasteiger partial charge in [0.25, 0.3) is 0 Å². The van der Waals surface area contributed by atoms with Gasteiger partial charge in [0.15, 0.2) is 31.5 Å². The molecule has 0 aromatic rings. The maximum absolute atomic E-state index is 12.8. The Kier molecular flexibility index (Phi) is 22.3. The van der Waals surface area contributed by atoms with E-state index < -0.39 is 221 Å². The molecular weight excluding hydrogens is 1180 g/mol. The maximum Gasteiger partial charge on any atom is 0.187 e. The van der Waals surface area contributed by atoms with Crippen molar-refractivity contribution in [3.05, 3.63) is 11.6 Å². The number of fused-ring (bicyclic) bond motifs is 5. The third-order valence-corrected chi connectivity index (χ3v) is 23.3. The highest BCUT2D eigenvalue weighted by Gasteiger charge is 2.71. The molecule has 28 nitrogen and oxygen atoms in total. The topological polar surface area (TPSA) is 456 Å². The Hall–Kier alpha value is -1.38. The molecule has 18 N–H and O–H groups in total. The Labute approximate surface area is 518 Å². The molecule has 0 bridgehead atoms. The van der Waals surface area contributed by atoms with Crippen LogP contribution in [0, 0.1) is 51.2 Å². The monoisotopic (exact) mass is 1280 g/mol. The molecule has 9 rings (SSSR count). The van der Waals surface area contributed by atoms with Crippen LogP contribution in [0.4, 0.5) is 0 Å². The lowest BCUT2D eigenvalue weighted by Crippen LogP contribution is -2.67. The second kappa shape index (κ2) is 27.6. The van der Waals surface area contributed by atoms with E-state index >= 15 is 0 Å². The minimum atomic E-state index is -1.95. The summed E-state index contributed by atoms with van der Waals surface area (Å²) in [7, 11) is 0. The number of hydrogen-bond donors (Lipinski definition) is 18. The van der Waals surface area contributed by atoms with E-state index in [2.05, 4.69) is 33.8 Å². The summed E-state index contributed by atoms with van der Waals surface area (Å²) in [6.07, 6.45) is -34.3. The Balaban J connectivity index is 0.888. The summed E-state index contributed by atoms with van der Waals surface area (Å²) in [6.45, 7) is 14.3. The van der Waals surface area contributed by atoms with Crippen LogP contribution in [0.1, 0.15) is 114 Å². The fraction of sp³-hybridized carbons (Fsp3) is 0.967. The van der Waals surface area contributed by atoms with Crippen molar-refractivity contribution in [1.29, 1.82) is 0 Å². The molecule has 4 aliphatic carbocycles. The summed E-state index contributed by atoms with van der Waals surface area (Å²) in [5.41, 5.74) is -2.41. The molecule has 5 heterocycles. The number of rotatable bonds is 20. The summed E-state index contributed by atoms with van der Waals surface area (Å²) >= 11 is 0. The minimum absolute atomic E-state index is 0.0198. The van der Waals surface area contributed by atoms with E-state index in [1.165, 1.54) is 13.8 Å². The van der Waals surface area contributed by atoms with Gasteiger partial charge in [-0.15, -0.1) is 0 Å². The third kappa shape index (κ3) is 13.0. The Morgan fingerprint density at radius 3 is 1.61 bits per heavy atom. The van der Waals surface area contributed by atoms with Crippen LogP contribution in [0.3, 0.4) is 0 Å². The molecule has 5 saturated heterocycles. The molecule has 0 aromatic heterocycles. The number of aliphatic hydroxyl groups excluding tert-OH is 17. The van der Waals surface area contributed by atoms with Crippen molar-refractivity contribution < 1.29 is 139 Å². The van der Waals surface area contributed by atoms with Gasteiger partial charge in [-0.2, -0.15) is 0 Å². The average Bonchev–Trinajstić information content (AvgIpc) is 1.68. The highest BCUT2D eigenvalue weighted by molar-refractivity contribution is 5.32. The van der Waals surface area contributed by atoms with Crippen molar-refractivity contribution >= 4 is 0 Å². The van der Waals surface area contributed by atoms with Gasteiger partial charge in [-0.05, 0) is 99.7 Å². The highest BCUT2D eigenvalue weighted by atomic mass is 16.8. The molecular formula is C61H104O28. The van der Waals surface area contributed by atoms with Crippen molar-refractivity contribution in [3.8, 4) is 0 Å². The fourth-order valence-corrected chi connectivity index (χ4v) is 17.3. The van der Waals surface area contributed by atoms with Gasteiger partial charge in [0, 0.05) is 16.7 Å². The van der Waals surface area contributed by atoms with Crippen molar-refractivity contribution in [3.63, 3.8) is 0 Å². The molecule has 3 unspecified atom stereocenters. The zero-order valence-electron chi connectivity index (χ0n) is 52.4. The molecule has 0 aromatic carbocycles. The van der Waals surface area contributed by atoms with Gasteiger partial charge in [0.05, 0.1) is 69.2 Å². The first-order chi connectivity index (χ1) is 41.7. The smallest absolute Gasteiger partial charge is 0.187 e. The van der Waals surface area contributed by atoms with Gasteiger partial charge in [-0.3, -0.25) is 0 Å². The van der Waals surface area contributed by atoms with Crippen molar-refractivity contribution in [2.75, 3.05) is 33.0 Å². The van der Waals surface area contributed by atoms with Crippen LogP contribution in [-0.4, -0.2) is 296 Å². The molecule has 8 fully saturated rings. The van der Waals surface area contributed by atoms with Gasteiger partial charge in [0.1, 0.15) is 104 Å². The van der Waals surface area contributed by atoms with E-state index in [1.54, 1.807) is 6.92 Å². The maximum atomic E-state index is 12.8. The summed E-state index contributed by atoms with van der Waals surface area (Å²) < 4.78 is 60.3. The Bertz CT molecular complexity index is 2340. The third-order valence-electron chi connectivity index (χ3n) is 23.3. The van der Waals surface area contributed by atoms with Crippen LogP contribution >= 0.6 is 0 Å². The molecule has 35 atom stereocenters. The van der Waals surface area contributed by atoms with Crippen molar-refractivity contribution in [2.45, 2.75) is 285 Å². The van der Waals surface area contributed by atoms with E-state index in [9.17, 15) is 91.9 Å². The Morgan fingerprint density at radius 2 is 1.03 bits per heavy atom. The van der Waals surface area contributed by atoms with Crippen LogP contribution in [0.2, 0.25) is 0 Å². The van der Waals surface area contributed by atoms with Gasteiger partial charge < -0.3 is 139 Å². The molecule has 0 amide bonds. The van der Waals surface area contributed by atoms with Crippen LogP contribution in [-0.2, 0) is 47.4 Å². The summed E-state index contributed by atoms with van der Waals surface area (Å²) in [4.78, 5) is 0. The molecule has 0 radical (unpaired) electrons. The second-order valence-electron chi connectivity index (χ2n) is 29.0. The summed E-state index contributed by atoms with van der Waals surface area (Å²) in [5.74, 6) is -0.700. The first kappa shape index (κ1) is 71.9. The van der Waals surface area contributed by atoms with Gasteiger partial charge in [0.2, 0.25) is 0 Å². The number of allylic oxidation sites excluding steroid dienone is 1. The molecule has 89 heavy (non-hydrogen) atoms. The predicted octanol–water partition coefficient (Wildman–Crippen LogP) is -4.13. The van der Waals surface area contributed by atoms with Gasteiger partial charge in [-0.1, -0.05) is 60.1 Å². The lowest BCUT2D eigenvalue weighted by molar-refractivity contribution is -0.392. The molecule has 9 aliphatic rings. The second-order valence-corrected chi connectivity index (χ2v) is 29.0. The number of ether oxygens (including phenoxy) is 10. The number of hydrogen-bond acceptors (Lipinski definition) is 28. The zero-order chi connectivity index (χ0) is 65.5. The fourth-order valence-electron chi connectivity index (χ4n) is 17.3. The predicted molar refractivity (Wildman–Crippen MR) is 303 cm³/mol. The van der Waals surface area contributed by atoms with Crippen LogP contribution < -0.4 is 0 Å². The van der Waals surface area contributed by atoms with E-state index in [4.69, 9.17) is 47.4 Å². The first-order valence-electron chi connectivity index (χ1n) is 31.9. The SMILES string of the molecule is C[C@@H]1[C@@H](O)[C@H](O)[C@@H](O[C@H]2[C@H](O)[C@@H](O[C@@H]3O[C@H](CO)[C@@H](O)[C@H](O)[C@H]3O)[C@H](O[C@H](CC[C@@H](C)C3CC[C@@]4(C)C5CC=C6C(CC[C@H](O[C@@H]7O[C@H](CO[C@@H]8O[C@H](CO)[C@@H](O)[C@H](O)[C@H]8O)[C@@H](O)[C@H](O)[C@H]7O)C6(C)C)[C@]5(C)[C@H](O)C[C@]34C)C(C)(C)O)O[C@@H]2CO)O[C@H]1CO. The highest BCUT2D eigenvalue weighted by Crippen LogP contribution is 2.75. The quantitative estimate of drug-likeness (QED) is 0.0515. The standard InChI is InChI=1S/C61H104O28/c1-24(10-14-37(58(5,6)79)87-56-51(89-55-48(77)43(72)40(69)31(21-64)83-55)49(78)50(32(22-65)84-56)88-54-45(74)38(67)25(2)29(19-62)81-54)26-16-17-59(7)34-13-11-27-28(61(34,9)35(66)18-60(26,59)8)12-15-36(57(27,3)4)86-53-47(76)44(73)41(70)33(85-53)23-80-52-46(75)42(71)39(68)30(20-63)82-52/h11,24-26,28-56,62-79H,10,12-23H2,1-9H3/t24-,25+,26?,28?,29+,30-,31-,32-,33-,34?,35-,36+,37-,38-,39-,40-,41-,42+,43+,44+,45+,46-,47-,48-,49+,50-,51-,52-,53+,54-,55+,56+,59+,60-,61+/m1/s1. The van der Waals surface area contributed by atoms with Crippen LogP contribution in [0.25, 0.3) is 0 Å². The minimum Gasteiger partial charge on any atom is -0.394 e. The summed E-state index contributed by atoms with van der Waals surface area (Å²) in [6, 6.07) is 0. The van der Waals surface area contributed by atoms with E-state index in [1.807, 2.05) is 13.8 Å². The molecule has 516 valence electrons.